The zero-order valence-corrected chi connectivity index (χ0v) is 14.3. The summed E-state index contributed by atoms with van der Waals surface area (Å²) in [7, 11) is 1.63. The molecule has 2 N–H and O–H groups in total. The van der Waals surface area contributed by atoms with Crippen LogP contribution in [0.25, 0.3) is 10.2 Å². The number of anilines is 1. The standard InChI is InChI=1S/C16H15N3O2S2/c1-21-11-5-8-13-14(9-11)23-16(17-13)19-18-15(20)10-3-6-12(22-2)7-4-10/h3-9H,1-2H3,(H,17,19)(H,18,20). The Morgan fingerprint density at radius 1 is 1.22 bits per heavy atom. The summed E-state index contributed by atoms with van der Waals surface area (Å²) in [6.45, 7) is 0. The Morgan fingerprint density at radius 2 is 2.00 bits per heavy atom. The fourth-order valence-corrected chi connectivity index (χ4v) is 3.27. The third kappa shape index (κ3) is 3.57. The SMILES string of the molecule is COc1ccc2nc(NNC(=O)c3ccc(SC)cc3)sc2c1. The maximum Gasteiger partial charge on any atom is 0.269 e. The Bertz CT molecular complexity index is 831. The van der Waals surface area contributed by atoms with Gasteiger partial charge in [0.1, 0.15) is 5.75 Å². The van der Waals surface area contributed by atoms with E-state index in [1.54, 1.807) is 31.0 Å². The van der Waals surface area contributed by atoms with E-state index in [1.165, 1.54) is 11.3 Å². The molecule has 0 atom stereocenters. The van der Waals surface area contributed by atoms with E-state index >= 15 is 0 Å². The molecule has 1 amide bonds. The van der Waals surface area contributed by atoms with Crippen molar-refractivity contribution in [3.63, 3.8) is 0 Å². The number of rotatable bonds is 5. The van der Waals surface area contributed by atoms with Crippen LogP contribution in [-0.2, 0) is 0 Å². The molecule has 0 radical (unpaired) electrons. The molecule has 0 aliphatic carbocycles. The second-order valence-electron chi connectivity index (χ2n) is 4.66. The number of nitrogens with one attached hydrogen (secondary N) is 2. The summed E-state index contributed by atoms with van der Waals surface area (Å²) < 4.78 is 6.18. The molecule has 0 aliphatic rings. The van der Waals surface area contributed by atoms with Crippen molar-refractivity contribution < 1.29 is 9.53 Å². The molecule has 1 aromatic heterocycles. The first-order chi connectivity index (χ1) is 11.2. The van der Waals surface area contributed by atoms with Crippen molar-refractivity contribution in [3.8, 4) is 5.75 Å². The van der Waals surface area contributed by atoms with Crippen LogP contribution in [0.1, 0.15) is 10.4 Å². The molecule has 0 saturated carbocycles. The van der Waals surface area contributed by atoms with Gasteiger partial charge in [0.05, 0.1) is 17.3 Å². The molecule has 0 unspecified atom stereocenters. The molecule has 7 heteroatoms. The first-order valence-electron chi connectivity index (χ1n) is 6.84. The van der Waals surface area contributed by atoms with Crippen LogP contribution in [0.5, 0.6) is 5.75 Å². The number of fused-ring (bicyclic) bond motifs is 1. The van der Waals surface area contributed by atoms with Gasteiger partial charge in [-0.3, -0.25) is 15.6 Å². The van der Waals surface area contributed by atoms with Crippen molar-refractivity contribution in [1.82, 2.24) is 10.4 Å². The fraction of sp³-hybridized carbons (Fsp3) is 0.125. The molecular weight excluding hydrogens is 330 g/mol. The maximum atomic E-state index is 12.1. The number of hydrogen-bond acceptors (Lipinski definition) is 6. The fourth-order valence-electron chi connectivity index (χ4n) is 2.01. The van der Waals surface area contributed by atoms with Gasteiger partial charge in [0.25, 0.3) is 5.91 Å². The maximum absolute atomic E-state index is 12.1. The number of carbonyl (C=O) groups is 1. The molecule has 3 aromatic rings. The van der Waals surface area contributed by atoms with Gasteiger partial charge in [0.15, 0.2) is 0 Å². The average Bonchev–Trinajstić information content (AvgIpc) is 3.01. The highest BCUT2D eigenvalue weighted by Gasteiger charge is 2.08. The molecule has 3 rings (SSSR count). The van der Waals surface area contributed by atoms with Crippen molar-refractivity contribution in [2.75, 3.05) is 18.8 Å². The van der Waals surface area contributed by atoms with Crippen LogP contribution in [-0.4, -0.2) is 24.3 Å². The summed E-state index contributed by atoms with van der Waals surface area (Å²) in [5, 5.41) is 0.627. The molecule has 0 spiro atoms. The number of hydrogen-bond donors (Lipinski definition) is 2. The molecule has 2 aromatic carbocycles. The highest BCUT2D eigenvalue weighted by atomic mass is 32.2. The van der Waals surface area contributed by atoms with Gasteiger partial charge < -0.3 is 4.74 Å². The van der Waals surface area contributed by atoms with Crippen LogP contribution in [0.3, 0.4) is 0 Å². The van der Waals surface area contributed by atoms with Crippen LogP contribution in [0.4, 0.5) is 5.13 Å². The molecule has 0 bridgehead atoms. The van der Waals surface area contributed by atoms with Gasteiger partial charge in [-0.15, -0.1) is 11.8 Å². The van der Waals surface area contributed by atoms with E-state index in [1.807, 2.05) is 36.6 Å². The number of amides is 1. The second-order valence-corrected chi connectivity index (χ2v) is 6.57. The minimum Gasteiger partial charge on any atom is -0.497 e. The number of thioether (sulfide) groups is 1. The highest BCUT2D eigenvalue weighted by molar-refractivity contribution is 7.98. The number of thiazole rings is 1. The quantitative estimate of drug-likeness (QED) is 0.544. The Hall–Kier alpha value is -2.25. The van der Waals surface area contributed by atoms with E-state index < -0.39 is 0 Å². The molecule has 118 valence electrons. The van der Waals surface area contributed by atoms with E-state index in [0.717, 1.165) is 20.9 Å². The van der Waals surface area contributed by atoms with Gasteiger partial charge in [-0.25, -0.2) is 4.98 Å². The minimum atomic E-state index is -0.200. The van der Waals surface area contributed by atoms with Crippen molar-refractivity contribution in [2.24, 2.45) is 0 Å². The Morgan fingerprint density at radius 3 is 2.70 bits per heavy atom. The lowest BCUT2D eigenvalue weighted by atomic mass is 10.2. The number of nitrogens with zero attached hydrogens (tertiary/aromatic N) is 1. The molecule has 0 aliphatic heterocycles. The lowest BCUT2D eigenvalue weighted by molar-refractivity contribution is 0.0962. The van der Waals surface area contributed by atoms with Gasteiger partial charge >= 0.3 is 0 Å². The van der Waals surface area contributed by atoms with Crippen molar-refractivity contribution >= 4 is 44.4 Å². The first-order valence-corrected chi connectivity index (χ1v) is 8.88. The normalized spacial score (nSPS) is 10.5. The molecule has 5 nitrogen and oxygen atoms in total. The van der Waals surface area contributed by atoms with Crippen LogP contribution in [0, 0.1) is 0 Å². The van der Waals surface area contributed by atoms with Crippen molar-refractivity contribution in [2.45, 2.75) is 4.90 Å². The third-order valence-corrected chi connectivity index (χ3v) is 4.91. The molecule has 0 fully saturated rings. The lowest BCUT2D eigenvalue weighted by Gasteiger charge is -2.05. The Balaban J connectivity index is 1.68. The zero-order chi connectivity index (χ0) is 16.2. The van der Waals surface area contributed by atoms with Gasteiger partial charge in [-0.05, 0) is 48.7 Å². The monoisotopic (exact) mass is 345 g/mol. The number of carbonyl (C=O) groups excluding carboxylic acids is 1. The third-order valence-electron chi connectivity index (χ3n) is 3.23. The van der Waals surface area contributed by atoms with Crippen LogP contribution >= 0.6 is 23.1 Å². The largest absolute Gasteiger partial charge is 0.497 e. The summed E-state index contributed by atoms with van der Waals surface area (Å²) in [6.07, 6.45) is 2.00. The Labute approximate surface area is 142 Å². The smallest absolute Gasteiger partial charge is 0.269 e. The molecule has 23 heavy (non-hydrogen) atoms. The minimum absolute atomic E-state index is 0.200. The predicted molar refractivity (Wildman–Crippen MR) is 95.5 cm³/mol. The van der Waals surface area contributed by atoms with Crippen LogP contribution < -0.4 is 15.6 Å². The topological polar surface area (TPSA) is 63.2 Å². The summed E-state index contributed by atoms with van der Waals surface area (Å²) in [5.74, 6) is 0.583. The van der Waals surface area contributed by atoms with Crippen molar-refractivity contribution in [1.29, 1.82) is 0 Å². The number of hydrazine groups is 1. The zero-order valence-electron chi connectivity index (χ0n) is 12.6. The number of ether oxygens (including phenoxy) is 1. The van der Waals surface area contributed by atoms with E-state index in [4.69, 9.17) is 4.74 Å². The molecular formula is C16H15N3O2S2. The predicted octanol–water partition coefficient (Wildman–Crippen LogP) is 3.78. The van der Waals surface area contributed by atoms with Gasteiger partial charge in [-0.2, -0.15) is 0 Å². The van der Waals surface area contributed by atoms with Gasteiger partial charge in [-0.1, -0.05) is 11.3 Å². The van der Waals surface area contributed by atoms with E-state index in [0.29, 0.717) is 10.7 Å². The first kappa shape index (κ1) is 15.6. The van der Waals surface area contributed by atoms with Crippen LogP contribution in [0.2, 0.25) is 0 Å². The average molecular weight is 345 g/mol. The summed E-state index contributed by atoms with van der Waals surface area (Å²) in [4.78, 5) is 17.6. The summed E-state index contributed by atoms with van der Waals surface area (Å²) in [6, 6.07) is 13.1. The second kappa shape index (κ2) is 6.89. The number of methoxy groups -OCH3 is 1. The van der Waals surface area contributed by atoms with E-state index in [-0.39, 0.29) is 5.91 Å². The van der Waals surface area contributed by atoms with Crippen molar-refractivity contribution in [3.05, 3.63) is 48.0 Å². The van der Waals surface area contributed by atoms with Gasteiger partial charge in [0, 0.05) is 10.5 Å². The number of benzene rings is 2. The summed E-state index contributed by atoms with van der Waals surface area (Å²) >= 11 is 3.09. The van der Waals surface area contributed by atoms with Gasteiger partial charge in [0.2, 0.25) is 5.13 Å². The van der Waals surface area contributed by atoms with E-state index in [2.05, 4.69) is 15.8 Å². The highest BCUT2D eigenvalue weighted by Crippen LogP contribution is 2.28. The number of aromatic nitrogens is 1. The Kier molecular flexibility index (Phi) is 4.68. The summed E-state index contributed by atoms with van der Waals surface area (Å²) in [5.41, 5.74) is 6.98. The van der Waals surface area contributed by atoms with Crippen LogP contribution in [0.15, 0.2) is 47.4 Å². The lowest BCUT2D eigenvalue weighted by Crippen LogP contribution is -2.29. The molecule has 0 saturated heterocycles. The van der Waals surface area contributed by atoms with E-state index in [9.17, 15) is 4.79 Å². The molecule has 1 heterocycles.